The van der Waals surface area contributed by atoms with Crippen molar-refractivity contribution in [3.63, 3.8) is 0 Å². The first-order valence-electron chi connectivity index (χ1n) is 8.28. The fourth-order valence-corrected chi connectivity index (χ4v) is 3.00. The van der Waals surface area contributed by atoms with Gasteiger partial charge in [0.1, 0.15) is 0 Å². The topological polar surface area (TPSA) is 20.2 Å². The number of unbranched alkanes of at least 4 members (excludes halogenated alkanes) is 8. The minimum absolute atomic E-state index is 0.499. The molecule has 0 saturated carbocycles. The van der Waals surface area contributed by atoms with E-state index in [-0.39, 0.29) is 0 Å². The number of aliphatic hydroxyl groups is 1. The van der Waals surface area contributed by atoms with Gasteiger partial charge >= 0.3 is 0 Å². The van der Waals surface area contributed by atoms with Crippen molar-refractivity contribution in [3.05, 3.63) is 33.8 Å². The third kappa shape index (κ3) is 8.09. The summed E-state index contributed by atoms with van der Waals surface area (Å²) in [6.07, 6.45) is 11.8. The Kier molecular flexibility index (Phi) is 10.2. The predicted molar refractivity (Wildman–Crippen MR) is 93.3 cm³/mol. The van der Waals surface area contributed by atoms with E-state index in [1.54, 1.807) is 18.2 Å². The van der Waals surface area contributed by atoms with Gasteiger partial charge in [0.15, 0.2) is 0 Å². The van der Waals surface area contributed by atoms with Crippen LogP contribution in [0, 0.1) is 0 Å². The first-order valence-corrected chi connectivity index (χ1v) is 9.03. The summed E-state index contributed by atoms with van der Waals surface area (Å²) in [6, 6.07) is 5.26. The van der Waals surface area contributed by atoms with Gasteiger partial charge in [-0.25, -0.2) is 0 Å². The molecule has 3 heteroatoms. The van der Waals surface area contributed by atoms with Crippen LogP contribution in [0.4, 0.5) is 0 Å². The molecule has 1 atom stereocenters. The lowest BCUT2D eigenvalue weighted by molar-refractivity contribution is 0.163. The molecule has 21 heavy (non-hydrogen) atoms. The molecule has 1 N–H and O–H groups in total. The van der Waals surface area contributed by atoms with E-state index in [1.807, 2.05) is 0 Å². The minimum atomic E-state index is -0.499. The molecule has 0 amide bonds. The highest BCUT2D eigenvalue weighted by Gasteiger charge is 2.11. The molecule has 0 spiro atoms. The van der Waals surface area contributed by atoms with E-state index < -0.39 is 6.10 Å². The van der Waals surface area contributed by atoms with Crippen molar-refractivity contribution in [3.8, 4) is 0 Å². The monoisotopic (exact) mass is 330 g/mol. The van der Waals surface area contributed by atoms with Gasteiger partial charge in [0.05, 0.1) is 6.10 Å². The van der Waals surface area contributed by atoms with Crippen LogP contribution in [0.3, 0.4) is 0 Å². The van der Waals surface area contributed by atoms with Crippen molar-refractivity contribution in [2.24, 2.45) is 0 Å². The van der Waals surface area contributed by atoms with Crippen molar-refractivity contribution in [2.45, 2.75) is 77.2 Å². The normalized spacial score (nSPS) is 12.6. The zero-order chi connectivity index (χ0) is 15.5. The van der Waals surface area contributed by atoms with Crippen LogP contribution in [0.15, 0.2) is 18.2 Å². The van der Waals surface area contributed by atoms with Gasteiger partial charge in [-0.3, -0.25) is 0 Å². The Bertz CT molecular complexity index is 393. The molecule has 1 aromatic carbocycles. The molecule has 1 nitrogen and oxygen atoms in total. The summed E-state index contributed by atoms with van der Waals surface area (Å²) in [5.41, 5.74) is 0.753. The average molecular weight is 331 g/mol. The number of aliphatic hydroxyl groups excluding tert-OH is 1. The van der Waals surface area contributed by atoms with Crippen molar-refractivity contribution in [2.75, 3.05) is 0 Å². The van der Waals surface area contributed by atoms with Crippen molar-refractivity contribution >= 4 is 23.2 Å². The van der Waals surface area contributed by atoms with Crippen LogP contribution in [0.5, 0.6) is 0 Å². The average Bonchev–Trinajstić information content (AvgIpc) is 2.48. The second-order valence-electron chi connectivity index (χ2n) is 5.80. The van der Waals surface area contributed by atoms with Crippen LogP contribution in [0.1, 0.15) is 82.8 Å². The van der Waals surface area contributed by atoms with Gasteiger partial charge in [-0.2, -0.15) is 0 Å². The lowest BCUT2D eigenvalue weighted by Gasteiger charge is -2.13. The smallest absolute Gasteiger partial charge is 0.0805 e. The maximum atomic E-state index is 10.2. The van der Waals surface area contributed by atoms with Crippen molar-refractivity contribution < 1.29 is 5.11 Å². The van der Waals surface area contributed by atoms with Gasteiger partial charge in [0.25, 0.3) is 0 Å². The minimum Gasteiger partial charge on any atom is -0.388 e. The molecule has 1 aromatic rings. The quantitative estimate of drug-likeness (QED) is 0.435. The molecule has 0 aromatic heterocycles. The summed E-state index contributed by atoms with van der Waals surface area (Å²) in [6.45, 7) is 2.25. The Morgan fingerprint density at radius 3 is 2.10 bits per heavy atom. The SMILES string of the molecule is CCCCCCCCCCCC(O)c1cc(Cl)ccc1Cl. The van der Waals surface area contributed by atoms with Gasteiger partial charge in [0, 0.05) is 15.6 Å². The second-order valence-corrected chi connectivity index (χ2v) is 6.64. The second kappa shape index (κ2) is 11.3. The summed E-state index contributed by atoms with van der Waals surface area (Å²) in [5.74, 6) is 0. The third-order valence-electron chi connectivity index (χ3n) is 3.90. The van der Waals surface area contributed by atoms with Crippen LogP contribution in [-0.2, 0) is 0 Å². The Hall–Kier alpha value is -0.240. The van der Waals surface area contributed by atoms with Gasteiger partial charge < -0.3 is 5.11 Å². The molecular formula is C18H28Cl2O. The number of halogens is 2. The van der Waals surface area contributed by atoms with Crippen LogP contribution < -0.4 is 0 Å². The summed E-state index contributed by atoms with van der Waals surface area (Å²) < 4.78 is 0. The Balaban J connectivity index is 2.11. The highest BCUT2D eigenvalue weighted by atomic mass is 35.5. The van der Waals surface area contributed by atoms with Gasteiger partial charge in [0.2, 0.25) is 0 Å². The molecule has 0 fully saturated rings. The number of hydrogen-bond acceptors (Lipinski definition) is 1. The first kappa shape index (κ1) is 18.8. The molecule has 120 valence electrons. The lowest BCUT2D eigenvalue weighted by Crippen LogP contribution is -1.98. The maximum Gasteiger partial charge on any atom is 0.0805 e. The first-order chi connectivity index (χ1) is 10.1. The summed E-state index contributed by atoms with van der Waals surface area (Å²) in [5, 5.41) is 11.4. The van der Waals surface area contributed by atoms with Crippen LogP contribution in [-0.4, -0.2) is 5.11 Å². The molecule has 0 bridgehead atoms. The number of hydrogen-bond donors (Lipinski definition) is 1. The van der Waals surface area contributed by atoms with E-state index in [4.69, 9.17) is 23.2 Å². The van der Waals surface area contributed by atoms with Crippen molar-refractivity contribution in [1.82, 2.24) is 0 Å². The summed E-state index contributed by atoms with van der Waals surface area (Å²) in [4.78, 5) is 0. The largest absolute Gasteiger partial charge is 0.388 e. The van der Waals surface area contributed by atoms with E-state index >= 15 is 0 Å². The van der Waals surface area contributed by atoms with Crippen LogP contribution >= 0.6 is 23.2 Å². The predicted octanol–water partition coefficient (Wildman–Crippen LogP) is 6.95. The third-order valence-corrected chi connectivity index (χ3v) is 4.48. The zero-order valence-electron chi connectivity index (χ0n) is 13.1. The van der Waals surface area contributed by atoms with E-state index in [0.29, 0.717) is 10.0 Å². The summed E-state index contributed by atoms with van der Waals surface area (Å²) >= 11 is 12.0. The van der Waals surface area contributed by atoms with E-state index in [9.17, 15) is 5.11 Å². The zero-order valence-corrected chi connectivity index (χ0v) is 14.6. The van der Waals surface area contributed by atoms with Gasteiger partial charge in [-0.05, 0) is 24.6 Å². The molecule has 0 radical (unpaired) electrons. The van der Waals surface area contributed by atoms with Crippen molar-refractivity contribution in [1.29, 1.82) is 0 Å². The molecular weight excluding hydrogens is 303 g/mol. The molecule has 1 rings (SSSR count). The Morgan fingerprint density at radius 1 is 0.905 bits per heavy atom. The Labute approximate surface area is 139 Å². The van der Waals surface area contributed by atoms with E-state index in [1.165, 1.54) is 51.4 Å². The highest BCUT2D eigenvalue weighted by Crippen LogP contribution is 2.29. The molecule has 0 saturated heterocycles. The molecule has 0 aliphatic rings. The van der Waals surface area contributed by atoms with Crippen LogP contribution in [0.2, 0.25) is 10.0 Å². The number of benzene rings is 1. The lowest BCUT2D eigenvalue weighted by atomic mass is 10.0. The number of rotatable bonds is 11. The Morgan fingerprint density at radius 2 is 1.48 bits per heavy atom. The molecule has 0 aliphatic heterocycles. The molecule has 1 unspecified atom stereocenters. The molecule has 0 aliphatic carbocycles. The van der Waals surface area contributed by atoms with Gasteiger partial charge in [-0.1, -0.05) is 87.9 Å². The fourth-order valence-electron chi connectivity index (χ4n) is 2.57. The molecule has 0 heterocycles. The van der Waals surface area contributed by atoms with Gasteiger partial charge in [-0.15, -0.1) is 0 Å². The standard InChI is InChI=1S/C18H28Cl2O/c1-2-3-4-5-6-7-8-9-10-11-18(21)16-14-15(19)12-13-17(16)20/h12-14,18,21H,2-11H2,1H3. The fraction of sp³-hybridized carbons (Fsp3) is 0.667. The van der Waals surface area contributed by atoms with Crippen LogP contribution in [0.25, 0.3) is 0 Å². The maximum absolute atomic E-state index is 10.2. The van der Waals surface area contributed by atoms with E-state index in [2.05, 4.69) is 6.92 Å². The summed E-state index contributed by atoms with van der Waals surface area (Å²) in [7, 11) is 0. The highest BCUT2D eigenvalue weighted by molar-refractivity contribution is 6.33. The van der Waals surface area contributed by atoms with E-state index in [0.717, 1.165) is 18.4 Å².